The first-order chi connectivity index (χ1) is 35.7. The lowest BCUT2D eigenvalue weighted by atomic mass is 9.93. The van der Waals surface area contributed by atoms with Crippen LogP contribution in [0.15, 0.2) is 156 Å². The Hall–Kier alpha value is -6.16. The normalized spacial score (nSPS) is 13.8. The van der Waals surface area contributed by atoms with Crippen molar-refractivity contribution in [3.8, 4) is 0 Å². The first-order valence-corrected chi connectivity index (χ1v) is 29.2. The molecule has 0 spiro atoms. The van der Waals surface area contributed by atoms with Crippen LogP contribution in [0.3, 0.4) is 0 Å². The number of thiazole rings is 2. The molecule has 0 bridgehead atoms. The van der Waals surface area contributed by atoms with Gasteiger partial charge in [0.15, 0.2) is 32.1 Å². The number of Topliss-reactive ketones (excluding diaryl/α,β-unsaturated/α-hetero) is 2. The minimum atomic E-state index is -0.777. The van der Waals surface area contributed by atoms with E-state index in [0.717, 1.165) is 60.8 Å². The van der Waals surface area contributed by atoms with Crippen molar-refractivity contribution >= 4 is 115 Å². The Kier molecular flexibility index (Phi) is 16.4. The number of imidazole rings is 2. The largest absolute Gasteiger partial charge is 0.347 e. The van der Waals surface area contributed by atoms with Gasteiger partial charge in [-0.05, 0) is 105 Å². The van der Waals surface area contributed by atoms with Crippen LogP contribution >= 0.6 is 69.7 Å². The first kappa shape index (κ1) is 50.4. The van der Waals surface area contributed by atoms with Crippen molar-refractivity contribution < 1.29 is 19.2 Å². The standard InChI is InChI=1S/C53H50N10O4S6/c1-33-24-25-43(39(30-33)45(65)35-16-10-11-17-35)63(53(67)61-51-59-41(32-69-37-20-6-3-7-21-37)47(73-51)71-49-56-28-29-57-49)62(42-23-13-12-22-38(42)44(64)34-14-8-9-15-34)52(66)60-50-58-40(31-68-36-18-4-2-5-19-36)46(72-50)70-48-54-26-27-55-48/h2-7,12-13,18-30,34-35H,8-11,14-17,31-32H2,1H3,(H,54,55)(H,56,57)(H,58,60,66)(H,59,61,67). The SMILES string of the molecule is Cc1ccc(N(C(=O)Nc2nc(CSc3ccccc3)c(Sc3ncc[nH]3)s2)N(C(=O)Nc2nc(CSc3ccccc3)c(Sc3ncc[nH]3)s2)c2ccccc2C(=O)C2CCCC2)c(C(=O)C2CCCC2)c1. The smallest absolute Gasteiger partial charge is 0.339 e. The van der Waals surface area contributed by atoms with Crippen LogP contribution in [0.1, 0.15) is 89.0 Å². The van der Waals surface area contributed by atoms with Crippen molar-refractivity contribution in [2.75, 3.05) is 20.7 Å². The Morgan fingerprint density at radius 2 is 1.04 bits per heavy atom. The Morgan fingerprint density at radius 3 is 1.52 bits per heavy atom. The van der Waals surface area contributed by atoms with Crippen molar-refractivity contribution in [2.45, 2.75) is 98.3 Å². The molecule has 14 nitrogen and oxygen atoms in total. The molecule has 4 N–H and O–H groups in total. The number of hydrazine groups is 1. The highest BCUT2D eigenvalue weighted by Gasteiger charge is 2.38. The molecule has 10 rings (SSSR count). The lowest BCUT2D eigenvalue weighted by Gasteiger charge is -2.36. The van der Waals surface area contributed by atoms with Gasteiger partial charge >= 0.3 is 12.1 Å². The molecule has 2 aliphatic rings. The van der Waals surface area contributed by atoms with E-state index in [1.54, 1.807) is 84.7 Å². The quantitative estimate of drug-likeness (QED) is 0.0363. The maximum absolute atomic E-state index is 15.8. The Labute approximate surface area is 447 Å². The number of hydrogen-bond donors (Lipinski definition) is 4. The summed E-state index contributed by atoms with van der Waals surface area (Å²) in [6.45, 7) is 1.90. The zero-order valence-electron chi connectivity index (χ0n) is 39.6. The Balaban J connectivity index is 1.09. The maximum Gasteiger partial charge on any atom is 0.347 e. The number of carbonyl (C=O) groups excluding carboxylic acids is 4. The molecular formula is C53H50N10O4S6. The summed E-state index contributed by atoms with van der Waals surface area (Å²) in [5, 5.41) is 10.4. The minimum absolute atomic E-state index is 0.114. The summed E-state index contributed by atoms with van der Waals surface area (Å²) in [4.78, 5) is 88.4. The summed E-state index contributed by atoms with van der Waals surface area (Å²) in [6.07, 6.45) is 13.4. The third kappa shape index (κ3) is 12.3. The van der Waals surface area contributed by atoms with Gasteiger partial charge in [0.25, 0.3) is 0 Å². The molecule has 0 aliphatic heterocycles. The van der Waals surface area contributed by atoms with Gasteiger partial charge in [0.05, 0.1) is 31.2 Å². The van der Waals surface area contributed by atoms with E-state index in [2.05, 4.69) is 30.6 Å². The van der Waals surface area contributed by atoms with Gasteiger partial charge in [-0.15, -0.1) is 23.5 Å². The van der Waals surface area contributed by atoms with Gasteiger partial charge in [0, 0.05) is 69.0 Å². The minimum Gasteiger partial charge on any atom is -0.339 e. The number of amides is 4. The zero-order chi connectivity index (χ0) is 50.1. The summed E-state index contributed by atoms with van der Waals surface area (Å²) in [5.74, 6) is 0.227. The molecule has 0 unspecified atom stereocenters. The molecular weight excluding hydrogens is 1030 g/mol. The highest BCUT2D eigenvalue weighted by molar-refractivity contribution is 8.01. The fourth-order valence-corrected chi connectivity index (χ4v) is 15.0. The summed E-state index contributed by atoms with van der Waals surface area (Å²) >= 11 is 8.59. The third-order valence-corrected chi connectivity index (χ3v) is 18.7. The molecule has 0 radical (unpaired) electrons. The van der Waals surface area contributed by atoms with Crippen LogP contribution in [0.2, 0.25) is 0 Å². The fraction of sp³-hybridized carbons (Fsp3) is 0.245. The van der Waals surface area contributed by atoms with Gasteiger partial charge < -0.3 is 9.97 Å². The van der Waals surface area contributed by atoms with Crippen LogP contribution in [-0.4, -0.2) is 53.5 Å². The molecule has 0 saturated heterocycles. The molecule has 4 heterocycles. The van der Waals surface area contributed by atoms with Gasteiger partial charge in [-0.2, -0.15) is 10.0 Å². The van der Waals surface area contributed by atoms with Crippen LogP contribution in [0.5, 0.6) is 0 Å². The van der Waals surface area contributed by atoms with Gasteiger partial charge in [0.1, 0.15) is 0 Å². The van der Waals surface area contributed by atoms with E-state index >= 15 is 9.59 Å². The predicted molar refractivity (Wildman–Crippen MR) is 295 cm³/mol. The van der Waals surface area contributed by atoms with Crippen molar-refractivity contribution in [1.29, 1.82) is 0 Å². The molecule has 20 heteroatoms. The van der Waals surface area contributed by atoms with Gasteiger partial charge in [0.2, 0.25) is 0 Å². The van der Waals surface area contributed by atoms with Crippen molar-refractivity contribution in [1.82, 2.24) is 29.9 Å². The average Bonchev–Trinajstić information content (AvgIpc) is 4.28. The molecule has 0 atom stereocenters. The monoisotopic (exact) mass is 1080 g/mol. The second kappa shape index (κ2) is 23.8. The number of H-pyrrole nitrogens is 2. The lowest BCUT2D eigenvalue weighted by Crippen LogP contribution is -2.55. The number of aromatic nitrogens is 6. The van der Waals surface area contributed by atoms with E-state index in [4.69, 9.17) is 9.97 Å². The van der Waals surface area contributed by atoms with E-state index < -0.39 is 12.1 Å². The number of nitrogens with one attached hydrogen (secondary N) is 4. The second-order valence-corrected chi connectivity index (χ2v) is 24.0. The third-order valence-electron chi connectivity index (χ3n) is 12.4. The van der Waals surface area contributed by atoms with Crippen molar-refractivity contribution in [3.05, 3.63) is 156 Å². The molecule has 2 saturated carbocycles. The molecule has 73 heavy (non-hydrogen) atoms. The number of anilines is 4. The van der Waals surface area contributed by atoms with Crippen LogP contribution in [0.4, 0.5) is 31.2 Å². The number of carbonyl (C=O) groups is 4. The van der Waals surface area contributed by atoms with E-state index in [1.165, 1.54) is 56.2 Å². The molecule has 372 valence electrons. The van der Waals surface area contributed by atoms with Crippen molar-refractivity contribution in [3.63, 3.8) is 0 Å². The lowest BCUT2D eigenvalue weighted by molar-refractivity contribution is 0.0915. The van der Waals surface area contributed by atoms with Gasteiger partial charge in [-0.25, -0.2) is 29.5 Å². The molecule has 8 aromatic rings. The number of nitrogens with zero attached hydrogens (tertiary/aromatic N) is 6. The number of urea groups is 2. The highest BCUT2D eigenvalue weighted by atomic mass is 32.2. The Morgan fingerprint density at radius 1 is 0.589 bits per heavy atom. The number of thioether (sulfide) groups is 2. The number of aryl methyl sites for hydroxylation is 1. The van der Waals surface area contributed by atoms with E-state index in [0.29, 0.717) is 53.1 Å². The van der Waals surface area contributed by atoms with E-state index in [-0.39, 0.29) is 50.6 Å². The highest BCUT2D eigenvalue weighted by Crippen LogP contribution is 2.42. The second-order valence-electron chi connectivity index (χ2n) is 17.4. The summed E-state index contributed by atoms with van der Waals surface area (Å²) in [6, 6.07) is 30.7. The van der Waals surface area contributed by atoms with Gasteiger partial charge in [-0.3, -0.25) is 20.2 Å². The molecule has 2 aliphatic carbocycles. The summed E-state index contributed by atoms with van der Waals surface area (Å²) in [5.41, 5.74) is 3.17. The number of benzene rings is 4. The number of hydrogen-bond acceptors (Lipinski definition) is 14. The van der Waals surface area contributed by atoms with Crippen LogP contribution < -0.4 is 20.7 Å². The van der Waals surface area contributed by atoms with Crippen LogP contribution in [0.25, 0.3) is 0 Å². The van der Waals surface area contributed by atoms with E-state index in [1.807, 2.05) is 73.7 Å². The summed E-state index contributed by atoms with van der Waals surface area (Å²) in [7, 11) is 0. The molecule has 4 amide bonds. The van der Waals surface area contributed by atoms with E-state index in [9.17, 15) is 9.59 Å². The van der Waals surface area contributed by atoms with Crippen LogP contribution in [0, 0.1) is 18.8 Å². The Bertz CT molecular complexity index is 3180. The van der Waals surface area contributed by atoms with Crippen LogP contribution in [-0.2, 0) is 11.5 Å². The maximum atomic E-state index is 15.8. The van der Waals surface area contributed by atoms with Crippen molar-refractivity contribution in [2.24, 2.45) is 11.8 Å². The average molecular weight is 1080 g/mol. The number of rotatable bonds is 18. The fourth-order valence-electron chi connectivity index (χ4n) is 8.87. The molecule has 2 fully saturated rings. The summed E-state index contributed by atoms with van der Waals surface area (Å²) < 4.78 is 1.62. The molecule has 4 aromatic carbocycles. The predicted octanol–water partition coefficient (Wildman–Crippen LogP) is 14.7. The number of para-hydroxylation sites is 1. The topological polar surface area (TPSA) is 182 Å². The number of aromatic amines is 2. The zero-order valence-corrected chi connectivity index (χ0v) is 44.5. The molecule has 4 aromatic heterocycles. The van der Waals surface area contributed by atoms with Gasteiger partial charge in [-0.1, -0.05) is 109 Å². The number of ketones is 2. The first-order valence-electron chi connectivity index (χ1n) is 23.9.